The van der Waals surface area contributed by atoms with Crippen molar-refractivity contribution in [2.24, 2.45) is 5.92 Å². The molecule has 6 heteroatoms. The van der Waals surface area contributed by atoms with Gasteiger partial charge in [0.1, 0.15) is 0 Å². The van der Waals surface area contributed by atoms with Gasteiger partial charge in [0.05, 0.1) is 0 Å². The summed E-state index contributed by atoms with van der Waals surface area (Å²) in [4.78, 5) is 14.5. The summed E-state index contributed by atoms with van der Waals surface area (Å²) < 4.78 is 0. The Morgan fingerprint density at radius 1 is 1.29 bits per heavy atom. The van der Waals surface area contributed by atoms with Crippen LogP contribution in [-0.2, 0) is 6.54 Å². The number of carbonyl (C=O) groups excluding carboxylic acids is 1. The first-order valence-electron chi connectivity index (χ1n) is 8.23. The molecule has 1 fully saturated rings. The number of anilines is 1. The van der Waals surface area contributed by atoms with E-state index in [1.807, 2.05) is 12.1 Å². The number of piperidine rings is 1. The van der Waals surface area contributed by atoms with Gasteiger partial charge < -0.3 is 10.6 Å². The van der Waals surface area contributed by atoms with Gasteiger partial charge in [-0.3, -0.25) is 4.90 Å². The molecule has 2 amide bonds. The lowest BCUT2D eigenvalue weighted by Crippen LogP contribution is -2.39. The number of urea groups is 1. The van der Waals surface area contributed by atoms with Crippen LogP contribution in [0.25, 0.3) is 0 Å². The number of hydrogen-bond acceptors (Lipinski definition) is 3. The van der Waals surface area contributed by atoms with Gasteiger partial charge in [0, 0.05) is 23.8 Å². The average molecular weight is 364 g/mol. The predicted molar refractivity (Wildman–Crippen MR) is 101 cm³/mol. The van der Waals surface area contributed by atoms with Gasteiger partial charge in [-0.1, -0.05) is 17.7 Å². The normalized spacial score (nSPS) is 16.0. The van der Waals surface area contributed by atoms with Crippen LogP contribution in [0.15, 0.2) is 41.1 Å². The standard InChI is InChI=1S/C18H22ClN3OS/c19-16-2-1-3-17(10-16)21-18(23)20-11-14-4-7-22(8-5-14)12-15-6-9-24-13-15/h1-3,6,9-10,13-14H,4-5,7-8,11-12H2,(H2,20,21,23). The molecule has 24 heavy (non-hydrogen) atoms. The fourth-order valence-corrected chi connectivity index (χ4v) is 3.82. The molecule has 3 rings (SSSR count). The lowest BCUT2D eigenvalue weighted by molar-refractivity contribution is 0.176. The highest BCUT2D eigenvalue weighted by Gasteiger charge is 2.19. The van der Waals surface area contributed by atoms with E-state index in [1.165, 1.54) is 5.56 Å². The Labute approximate surface area is 151 Å². The van der Waals surface area contributed by atoms with Crippen LogP contribution < -0.4 is 10.6 Å². The highest BCUT2D eigenvalue weighted by Crippen LogP contribution is 2.19. The lowest BCUT2D eigenvalue weighted by Gasteiger charge is -2.31. The number of nitrogens with one attached hydrogen (secondary N) is 2. The molecule has 1 aromatic heterocycles. The SMILES string of the molecule is O=C(NCC1CCN(Cc2ccsc2)CC1)Nc1cccc(Cl)c1. The van der Waals surface area contributed by atoms with Gasteiger partial charge >= 0.3 is 6.03 Å². The van der Waals surface area contributed by atoms with Crippen molar-refractivity contribution in [2.75, 3.05) is 25.0 Å². The van der Waals surface area contributed by atoms with Crippen molar-refractivity contribution in [1.82, 2.24) is 10.2 Å². The molecule has 0 atom stereocenters. The van der Waals surface area contributed by atoms with Gasteiger partial charge in [0.15, 0.2) is 0 Å². The average Bonchev–Trinajstić information content (AvgIpc) is 3.07. The summed E-state index contributed by atoms with van der Waals surface area (Å²) in [6.45, 7) is 3.95. The first-order valence-corrected chi connectivity index (χ1v) is 9.55. The third-order valence-corrected chi connectivity index (χ3v) is 5.29. The first-order chi connectivity index (χ1) is 11.7. The molecule has 1 aromatic carbocycles. The summed E-state index contributed by atoms with van der Waals surface area (Å²) in [7, 11) is 0. The second-order valence-corrected chi connectivity index (χ2v) is 7.41. The summed E-state index contributed by atoms with van der Waals surface area (Å²) in [5.41, 5.74) is 2.11. The minimum Gasteiger partial charge on any atom is -0.338 e. The van der Waals surface area contributed by atoms with Crippen LogP contribution in [0.3, 0.4) is 0 Å². The molecule has 0 spiro atoms. The number of halogens is 1. The zero-order valence-electron chi connectivity index (χ0n) is 13.5. The fraction of sp³-hybridized carbons (Fsp3) is 0.389. The zero-order valence-corrected chi connectivity index (χ0v) is 15.1. The van der Waals surface area contributed by atoms with E-state index >= 15 is 0 Å². The maximum Gasteiger partial charge on any atom is 0.319 e. The number of likely N-dealkylation sites (tertiary alicyclic amines) is 1. The number of thiophene rings is 1. The Balaban J connectivity index is 1.36. The molecule has 1 saturated heterocycles. The Hall–Kier alpha value is -1.56. The quantitative estimate of drug-likeness (QED) is 0.825. The molecule has 0 saturated carbocycles. The van der Waals surface area contributed by atoms with Gasteiger partial charge in [0.25, 0.3) is 0 Å². The topological polar surface area (TPSA) is 44.4 Å². The highest BCUT2D eigenvalue weighted by molar-refractivity contribution is 7.07. The predicted octanol–water partition coefficient (Wildman–Crippen LogP) is 4.44. The molecule has 2 aromatic rings. The molecular weight excluding hydrogens is 342 g/mol. The summed E-state index contributed by atoms with van der Waals surface area (Å²) in [5.74, 6) is 0.550. The fourth-order valence-electron chi connectivity index (χ4n) is 2.97. The highest BCUT2D eigenvalue weighted by atomic mass is 35.5. The molecule has 2 N–H and O–H groups in total. The van der Waals surface area contributed by atoms with E-state index in [4.69, 9.17) is 11.6 Å². The maximum absolute atomic E-state index is 12.0. The second kappa shape index (κ2) is 8.51. The lowest BCUT2D eigenvalue weighted by atomic mass is 9.96. The van der Waals surface area contributed by atoms with E-state index in [0.29, 0.717) is 16.6 Å². The van der Waals surface area contributed by atoms with E-state index in [9.17, 15) is 4.79 Å². The molecule has 128 valence electrons. The number of carbonyl (C=O) groups is 1. The van der Waals surface area contributed by atoms with Crippen molar-refractivity contribution in [3.05, 3.63) is 51.7 Å². The first kappa shape index (κ1) is 17.3. The van der Waals surface area contributed by atoms with E-state index in [2.05, 4.69) is 32.4 Å². The van der Waals surface area contributed by atoms with Crippen molar-refractivity contribution in [3.63, 3.8) is 0 Å². The zero-order chi connectivity index (χ0) is 16.8. The van der Waals surface area contributed by atoms with Gasteiger partial charge in [0.2, 0.25) is 0 Å². The van der Waals surface area contributed by atoms with E-state index in [-0.39, 0.29) is 6.03 Å². The van der Waals surface area contributed by atoms with Crippen LogP contribution in [0, 0.1) is 5.92 Å². The van der Waals surface area contributed by atoms with Gasteiger partial charge in [-0.2, -0.15) is 11.3 Å². The van der Waals surface area contributed by atoms with Crippen molar-refractivity contribution in [2.45, 2.75) is 19.4 Å². The molecule has 1 aliphatic heterocycles. The third kappa shape index (κ3) is 5.23. The molecule has 0 bridgehead atoms. The number of hydrogen-bond donors (Lipinski definition) is 2. The smallest absolute Gasteiger partial charge is 0.319 e. The number of nitrogens with zero attached hydrogens (tertiary/aromatic N) is 1. The van der Waals surface area contributed by atoms with Crippen molar-refractivity contribution in [3.8, 4) is 0 Å². The number of amides is 2. The number of benzene rings is 1. The Morgan fingerprint density at radius 2 is 2.12 bits per heavy atom. The van der Waals surface area contributed by atoms with Crippen LogP contribution in [0.2, 0.25) is 5.02 Å². The second-order valence-electron chi connectivity index (χ2n) is 6.20. The molecule has 1 aliphatic rings. The van der Waals surface area contributed by atoms with Crippen LogP contribution in [0.1, 0.15) is 18.4 Å². The van der Waals surface area contributed by atoms with Crippen molar-refractivity contribution in [1.29, 1.82) is 0 Å². The monoisotopic (exact) mass is 363 g/mol. The molecular formula is C18H22ClN3OS. The van der Waals surface area contributed by atoms with Crippen LogP contribution >= 0.6 is 22.9 Å². The molecule has 0 unspecified atom stereocenters. The Kier molecular flexibility index (Phi) is 6.12. The summed E-state index contributed by atoms with van der Waals surface area (Å²) in [5, 5.41) is 10.7. The van der Waals surface area contributed by atoms with E-state index in [0.717, 1.165) is 39.0 Å². The van der Waals surface area contributed by atoms with Crippen LogP contribution in [0.4, 0.5) is 10.5 Å². The van der Waals surface area contributed by atoms with E-state index < -0.39 is 0 Å². The molecule has 4 nitrogen and oxygen atoms in total. The van der Waals surface area contributed by atoms with Gasteiger partial charge in [-0.05, 0) is 72.4 Å². The minimum atomic E-state index is -0.169. The minimum absolute atomic E-state index is 0.169. The summed E-state index contributed by atoms with van der Waals surface area (Å²) >= 11 is 7.67. The number of rotatable bonds is 5. The summed E-state index contributed by atoms with van der Waals surface area (Å²) in [6.07, 6.45) is 2.25. The van der Waals surface area contributed by atoms with Crippen molar-refractivity contribution >= 4 is 34.7 Å². The van der Waals surface area contributed by atoms with Crippen molar-refractivity contribution < 1.29 is 4.79 Å². The molecule has 0 aliphatic carbocycles. The van der Waals surface area contributed by atoms with Crippen LogP contribution in [-0.4, -0.2) is 30.6 Å². The molecule has 2 heterocycles. The third-order valence-electron chi connectivity index (χ3n) is 4.33. The molecule has 0 radical (unpaired) electrons. The Bertz CT molecular complexity index is 654. The van der Waals surface area contributed by atoms with Gasteiger partial charge in [-0.25, -0.2) is 4.79 Å². The van der Waals surface area contributed by atoms with Gasteiger partial charge in [-0.15, -0.1) is 0 Å². The van der Waals surface area contributed by atoms with E-state index in [1.54, 1.807) is 23.5 Å². The maximum atomic E-state index is 12.0. The largest absolute Gasteiger partial charge is 0.338 e. The Morgan fingerprint density at radius 3 is 2.83 bits per heavy atom. The summed E-state index contributed by atoms with van der Waals surface area (Å²) in [6, 6.07) is 9.20. The van der Waals surface area contributed by atoms with Crippen LogP contribution in [0.5, 0.6) is 0 Å².